The van der Waals surface area contributed by atoms with Gasteiger partial charge in [-0.05, 0) is 48.7 Å². The maximum atomic E-state index is 12.3. The summed E-state index contributed by atoms with van der Waals surface area (Å²) in [6, 6.07) is 1.87. The fourth-order valence-electron chi connectivity index (χ4n) is 2.21. The van der Waals surface area contributed by atoms with Crippen LogP contribution in [0.15, 0.2) is 16.7 Å². The predicted octanol–water partition coefficient (Wildman–Crippen LogP) is 2.76. The highest BCUT2D eigenvalue weighted by Crippen LogP contribution is 2.40. The predicted molar refractivity (Wildman–Crippen MR) is 71.7 cm³/mol. The van der Waals surface area contributed by atoms with Crippen molar-refractivity contribution in [2.24, 2.45) is 5.92 Å². The van der Waals surface area contributed by atoms with Gasteiger partial charge in [-0.1, -0.05) is 0 Å². The molecule has 1 aliphatic carbocycles. The SMILES string of the molecule is CC1(C)CN(C(=O)C2CC2)c2ncc(Br)cc2O1. The minimum Gasteiger partial charge on any atom is -0.482 e. The average Bonchev–Trinajstić information content (AvgIpc) is 3.08. The third kappa shape index (κ3) is 2.11. The lowest BCUT2D eigenvalue weighted by atomic mass is 10.1. The Morgan fingerprint density at radius 3 is 2.94 bits per heavy atom. The number of pyridine rings is 1. The normalized spacial score (nSPS) is 21.2. The second-order valence-corrected chi connectivity index (χ2v) is 6.45. The molecule has 0 atom stereocenters. The molecule has 0 N–H and O–H groups in total. The Labute approximate surface area is 114 Å². The molecule has 0 radical (unpaired) electrons. The summed E-state index contributed by atoms with van der Waals surface area (Å²) in [6.07, 6.45) is 3.71. The molecule has 5 heteroatoms. The molecule has 96 valence electrons. The summed E-state index contributed by atoms with van der Waals surface area (Å²) < 4.78 is 6.75. The summed E-state index contributed by atoms with van der Waals surface area (Å²) >= 11 is 3.38. The van der Waals surface area contributed by atoms with E-state index in [2.05, 4.69) is 20.9 Å². The number of carbonyl (C=O) groups is 1. The van der Waals surface area contributed by atoms with E-state index >= 15 is 0 Å². The molecule has 4 nitrogen and oxygen atoms in total. The maximum Gasteiger partial charge on any atom is 0.231 e. The lowest BCUT2D eigenvalue weighted by molar-refractivity contribution is -0.120. The first kappa shape index (κ1) is 12.0. The first-order chi connectivity index (χ1) is 8.46. The lowest BCUT2D eigenvalue weighted by Crippen LogP contribution is -2.50. The summed E-state index contributed by atoms with van der Waals surface area (Å²) in [5, 5.41) is 0. The molecule has 0 unspecified atom stereocenters. The molecule has 0 saturated heterocycles. The van der Waals surface area contributed by atoms with Crippen molar-refractivity contribution in [1.82, 2.24) is 4.98 Å². The van der Waals surface area contributed by atoms with Gasteiger partial charge in [0.25, 0.3) is 0 Å². The maximum absolute atomic E-state index is 12.3. The molecule has 1 amide bonds. The van der Waals surface area contributed by atoms with E-state index in [9.17, 15) is 4.79 Å². The molecule has 1 aliphatic heterocycles. The molecule has 0 aromatic carbocycles. The van der Waals surface area contributed by atoms with Crippen LogP contribution in [0.25, 0.3) is 0 Å². The van der Waals surface area contributed by atoms with E-state index in [1.54, 1.807) is 11.1 Å². The minimum atomic E-state index is -0.375. The number of fused-ring (bicyclic) bond motifs is 1. The third-order valence-corrected chi connectivity index (χ3v) is 3.61. The standard InChI is InChI=1S/C13H15BrN2O2/c1-13(2)7-16(12(17)8-3-4-8)11-10(18-13)5-9(14)6-15-11/h5-6,8H,3-4,7H2,1-2H3. The summed E-state index contributed by atoms with van der Waals surface area (Å²) in [5.74, 6) is 1.70. The number of rotatable bonds is 1. The fourth-order valence-corrected chi connectivity index (χ4v) is 2.52. The van der Waals surface area contributed by atoms with Crippen LogP contribution in [0.3, 0.4) is 0 Å². The molecule has 0 bridgehead atoms. The zero-order chi connectivity index (χ0) is 12.9. The van der Waals surface area contributed by atoms with E-state index in [4.69, 9.17) is 4.74 Å². The zero-order valence-electron chi connectivity index (χ0n) is 10.4. The molecule has 3 rings (SSSR count). The fraction of sp³-hybridized carbons (Fsp3) is 0.538. The van der Waals surface area contributed by atoms with Crippen molar-refractivity contribution in [1.29, 1.82) is 0 Å². The van der Waals surface area contributed by atoms with Crippen LogP contribution in [0, 0.1) is 5.92 Å². The number of carbonyl (C=O) groups excluding carboxylic acids is 1. The van der Waals surface area contributed by atoms with E-state index in [-0.39, 0.29) is 17.4 Å². The van der Waals surface area contributed by atoms with Crippen LogP contribution >= 0.6 is 15.9 Å². The first-order valence-corrected chi connectivity index (χ1v) is 6.91. The van der Waals surface area contributed by atoms with E-state index < -0.39 is 0 Å². The molecule has 1 saturated carbocycles. The lowest BCUT2D eigenvalue weighted by Gasteiger charge is -2.38. The van der Waals surface area contributed by atoms with Gasteiger partial charge >= 0.3 is 0 Å². The van der Waals surface area contributed by atoms with Gasteiger partial charge in [0.1, 0.15) is 5.60 Å². The van der Waals surface area contributed by atoms with Crippen LogP contribution in [-0.2, 0) is 4.79 Å². The Bertz CT molecular complexity index is 512. The zero-order valence-corrected chi connectivity index (χ0v) is 12.0. The van der Waals surface area contributed by atoms with Gasteiger partial charge < -0.3 is 4.74 Å². The Morgan fingerprint density at radius 1 is 1.56 bits per heavy atom. The van der Waals surface area contributed by atoms with Gasteiger partial charge in [-0.25, -0.2) is 4.98 Å². The number of aromatic nitrogens is 1. The molecular weight excluding hydrogens is 296 g/mol. The van der Waals surface area contributed by atoms with Gasteiger partial charge in [0.15, 0.2) is 11.6 Å². The van der Waals surface area contributed by atoms with Crippen molar-refractivity contribution in [3.8, 4) is 5.75 Å². The van der Waals surface area contributed by atoms with Gasteiger partial charge in [-0.15, -0.1) is 0 Å². The summed E-state index contributed by atoms with van der Waals surface area (Å²) in [5.41, 5.74) is -0.375. The molecule has 1 fully saturated rings. The molecule has 2 heterocycles. The van der Waals surface area contributed by atoms with Crippen molar-refractivity contribution in [2.45, 2.75) is 32.3 Å². The van der Waals surface area contributed by atoms with Crippen molar-refractivity contribution in [2.75, 3.05) is 11.4 Å². The number of amides is 1. The number of halogens is 1. The van der Waals surface area contributed by atoms with Gasteiger partial charge in [0.05, 0.1) is 6.54 Å². The van der Waals surface area contributed by atoms with Crippen LogP contribution in [0.5, 0.6) is 5.75 Å². The quantitative estimate of drug-likeness (QED) is 0.801. The Morgan fingerprint density at radius 2 is 2.28 bits per heavy atom. The monoisotopic (exact) mass is 310 g/mol. The summed E-state index contributed by atoms with van der Waals surface area (Å²) in [6.45, 7) is 4.54. The Hall–Kier alpha value is -1.10. The summed E-state index contributed by atoms with van der Waals surface area (Å²) in [7, 11) is 0. The van der Waals surface area contributed by atoms with Crippen molar-refractivity contribution in [3.63, 3.8) is 0 Å². The largest absolute Gasteiger partial charge is 0.482 e. The van der Waals surface area contributed by atoms with Crippen LogP contribution < -0.4 is 9.64 Å². The first-order valence-electron chi connectivity index (χ1n) is 6.12. The van der Waals surface area contributed by atoms with E-state index in [0.717, 1.165) is 17.3 Å². The second kappa shape index (κ2) is 3.95. The molecule has 1 aromatic heterocycles. The third-order valence-electron chi connectivity index (χ3n) is 3.17. The molecule has 0 spiro atoms. The van der Waals surface area contributed by atoms with E-state index in [1.165, 1.54) is 0 Å². The smallest absolute Gasteiger partial charge is 0.231 e. The number of ether oxygens (including phenoxy) is 1. The second-order valence-electron chi connectivity index (χ2n) is 5.54. The number of hydrogen-bond acceptors (Lipinski definition) is 3. The Balaban J connectivity index is 2.02. The minimum absolute atomic E-state index is 0.183. The van der Waals surface area contributed by atoms with E-state index in [0.29, 0.717) is 18.1 Å². The highest BCUT2D eigenvalue weighted by atomic mass is 79.9. The molecule has 2 aliphatic rings. The molecule has 1 aromatic rings. The highest BCUT2D eigenvalue weighted by molar-refractivity contribution is 9.10. The highest BCUT2D eigenvalue weighted by Gasteiger charge is 2.41. The number of nitrogens with zero attached hydrogens (tertiary/aromatic N) is 2. The van der Waals surface area contributed by atoms with Gasteiger partial charge in [-0.3, -0.25) is 9.69 Å². The molecule has 18 heavy (non-hydrogen) atoms. The summed E-state index contributed by atoms with van der Waals surface area (Å²) in [4.78, 5) is 18.4. The average molecular weight is 311 g/mol. The van der Waals surface area contributed by atoms with Crippen molar-refractivity contribution >= 4 is 27.7 Å². The topological polar surface area (TPSA) is 42.4 Å². The van der Waals surface area contributed by atoms with Gasteiger partial charge in [-0.2, -0.15) is 0 Å². The van der Waals surface area contributed by atoms with Crippen molar-refractivity contribution < 1.29 is 9.53 Å². The number of hydrogen-bond donors (Lipinski definition) is 0. The Kier molecular flexibility index (Phi) is 2.62. The number of anilines is 1. The van der Waals surface area contributed by atoms with Crippen LogP contribution in [-0.4, -0.2) is 23.0 Å². The van der Waals surface area contributed by atoms with E-state index in [1.807, 2.05) is 19.9 Å². The van der Waals surface area contributed by atoms with Gasteiger partial charge in [0.2, 0.25) is 5.91 Å². The van der Waals surface area contributed by atoms with Gasteiger partial charge in [0, 0.05) is 16.6 Å². The van der Waals surface area contributed by atoms with Crippen LogP contribution in [0.4, 0.5) is 5.82 Å². The van der Waals surface area contributed by atoms with Crippen molar-refractivity contribution in [3.05, 3.63) is 16.7 Å². The van der Waals surface area contributed by atoms with Crippen LogP contribution in [0.2, 0.25) is 0 Å². The van der Waals surface area contributed by atoms with Crippen LogP contribution in [0.1, 0.15) is 26.7 Å². The molecular formula is C13H15BrN2O2.